The molecule has 4 nitrogen and oxygen atoms in total. The van der Waals surface area contributed by atoms with Crippen LogP contribution in [0.15, 0.2) is 29.2 Å². The number of piperidine rings is 1. The monoisotopic (exact) mass is 334 g/mol. The van der Waals surface area contributed by atoms with Gasteiger partial charge in [0.25, 0.3) is 0 Å². The van der Waals surface area contributed by atoms with Gasteiger partial charge in [-0.15, -0.1) is 11.8 Å². The van der Waals surface area contributed by atoms with Crippen molar-refractivity contribution in [3.63, 3.8) is 0 Å². The molecule has 2 aliphatic heterocycles. The summed E-state index contributed by atoms with van der Waals surface area (Å²) in [6, 6.07) is 8.68. The van der Waals surface area contributed by atoms with Gasteiger partial charge in [-0.3, -0.25) is 9.69 Å². The van der Waals surface area contributed by atoms with E-state index in [-0.39, 0.29) is 11.9 Å². The standard InChI is InChI=1S/C18H26N2O2S/c1-14-7-3-4-8-17(14)23-13-18(21)19-15-11-22-12-16(15)20-9-5-2-6-10-20/h3-4,7-8,15-16H,2,5-6,9-13H2,1H3,(H,19,21)/t15-,16-/m0/s1. The largest absolute Gasteiger partial charge is 0.378 e. The van der Waals surface area contributed by atoms with E-state index in [1.54, 1.807) is 11.8 Å². The Balaban J connectivity index is 1.49. The number of ether oxygens (including phenoxy) is 1. The van der Waals surface area contributed by atoms with Gasteiger partial charge in [0, 0.05) is 4.90 Å². The lowest BCUT2D eigenvalue weighted by atomic mass is 10.1. The number of aryl methyl sites for hydroxylation is 1. The molecule has 0 unspecified atom stereocenters. The molecule has 2 saturated heterocycles. The van der Waals surface area contributed by atoms with E-state index in [0.717, 1.165) is 19.7 Å². The second kappa shape index (κ2) is 8.18. The summed E-state index contributed by atoms with van der Waals surface area (Å²) in [5.41, 5.74) is 1.22. The molecule has 126 valence electrons. The molecule has 1 aromatic carbocycles. The van der Waals surface area contributed by atoms with Crippen LogP contribution in [-0.2, 0) is 9.53 Å². The van der Waals surface area contributed by atoms with Crippen LogP contribution < -0.4 is 5.32 Å². The van der Waals surface area contributed by atoms with Crippen LogP contribution in [0.3, 0.4) is 0 Å². The average molecular weight is 334 g/mol. The van der Waals surface area contributed by atoms with E-state index in [1.807, 2.05) is 12.1 Å². The van der Waals surface area contributed by atoms with Crippen LogP contribution in [0.4, 0.5) is 0 Å². The number of nitrogens with zero attached hydrogens (tertiary/aromatic N) is 1. The number of nitrogens with one attached hydrogen (secondary N) is 1. The maximum Gasteiger partial charge on any atom is 0.230 e. The second-order valence-electron chi connectivity index (χ2n) is 6.43. The van der Waals surface area contributed by atoms with E-state index >= 15 is 0 Å². The van der Waals surface area contributed by atoms with Crippen molar-refractivity contribution in [2.45, 2.75) is 43.2 Å². The zero-order chi connectivity index (χ0) is 16.1. The summed E-state index contributed by atoms with van der Waals surface area (Å²) in [5, 5.41) is 3.19. The topological polar surface area (TPSA) is 41.6 Å². The molecule has 1 N–H and O–H groups in total. The number of benzene rings is 1. The average Bonchev–Trinajstić information content (AvgIpc) is 3.03. The molecule has 3 rings (SSSR count). The molecule has 2 aliphatic rings. The number of amides is 1. The number of carbonyl (C=O) groups is 1. The third kappa shape index (κ3) is 4.49. The smallest absolute Gasteiger partial charge is 0.230 e. The van der Waals surface area contributed by atoms with Crippen LogP contribution >= 0.6 is 11.8 Å². The van der Waals surface area contributed by atoms with Crippen LogP contribution in [0.5, 0.6) is 0 Å². The van der Waals surface area contributed by atoms with Gasteiger partial charge in [0.05, 0.1) is 31.1 Å². The van der Waals surface area contributed by atoms with Gasteiger partial charge in [-0.05, 0) is 44.5 Å². The zero-order valence-corrected chi connectivity index (χ0v) is 14.6. The fraction of sp³-hybridized carbons (Fsp3) is 0.611. The molecule has 23 heavy (non-hydrogen) atoms. The fourth-order valence-electron chi connectivity index (χ4n) is 3.40. The van der Waals surface area contributed by atoms with E-state index < -0.39 is 0 Å². The summed E-state index contributed by atoms with van der Waals surface area (Å²) >= 11 is 1.61. The van der Waals surface area contributed by atoms with Gasteiger partial charge in [-0.25, -0.2) is 0 Å². The zero-order valence-electron chi connectivity index (χ0n) is 13.8. The number of thioether (sulfide) groups is 1. The second-order valence-corrected chi connectivity index (χ2v) is 7.45. The Morgan fingerprint density at radius 1 is 1.26 bits per heavy atom. The molecule has 1 amide bonds. The van der Waals surface area contributed by atoms with Crippen LogP contribution in [0, 0.1) is 6.92 Å². The molecule has 5 heteroatoms. The van der Waals surface area contributed by atoms with E-state index in [4.69, 9.17) is 4.74 Å². The van der Waals surface area contributed by atoms with Gasteiger partial charge >= 0.3 is 0 Å². The summed E-state index contributed by atoms with van der Waals surface area (Å²) in [4.78, 5) is 16.0. The van der Waals surface area contributed by atoms with Gasteiger partial charge in [0.15, 0.2) is 0 Å². The Hall–Kier alpha value is -1.04. The first-order valence-electron chi connectivity index (χ1n) is 8.53. The molecule has 0 aliphatic carbocycles. The van der Waals surface area contributed by atoms with Crippen molar-refractivity contribution in [1.82, 2.24) is 10.2 Å². The maximum atomic E-state index is 12.3. The molecule has 0 bridgehead atoms. The molecule has 0 radical (unpaired) electrons. The predicted molar refractivity (Wildman–Crippen MR) is 93.9 cm³/mol. The third-order valence-electron chi connectivity index (χ3n) is 4.71. The predicted octanol–water partition coefficient (Wildman–Crippen LogP) is 2.46. The van der Waals surface area contributed by atoms with Crippen LogP contribution in [-0.4, -0.2) is 54.9 Å². The molecule has 2 fully saturated rings. The molecule has 2 atom stereocenters. The van der Waals surface area contributed by atoms with E-state index in [2.05, 4.69) is 29.3 Å². The van der Waals surface area contributed by atoms with Crippen molar-refractivity contribution in [2.75, 3.05) is 32.1 Å². The Morgan fingerprint density at radius 3 is 2.83 bits per heavy atom. The number of rotatable bonds is 5. The highest BCUT2D eigenvalue weighted by atomic mass is 32.2. The van der Waals surface area contributed by atoms with E-state index in [9.17, 15) is 4.79 Å². The van der Waals surface area contributed by atoms with E-state index in [1.165, 1.54) is 29.7 Å². The Bertz CT molecular complexity index is 532. The summed E-state index contributed by atoms with van der Waals surface area (Å²) in [5.74, 6) is 0.574. The van der Waals surface area contributed by atoms with Gasteiger partial charge in [0.1, 0.15) is 0 Å². The summed E-state index contributed by atoms with van der Waals surface area (Å²) < 4.78 is 5.64. The highest BCUT2D eigenvalue weighted by molar-refractivity contribution is 8.00. The fourth-order valence-corrected chi connectivity index (χ4v) is 4.24. The van der Waals surface area contributed by atoms with Crippen molar-refractivity contribution in [3.05, 3.63) is 29.8 Å². The third-order valence-corrected chi connectivity index (χ3v) is 5.88. The molecular weight excluding hydrogens is 308 g/mol. The highest BCUT2D eigenvalue weighted by Gasteiger charge is 2.34. The van der Waals surface area contributed by atoms with Crippen molar-refractivity contribution in [2.24, 2.45) is 0 Å². The van der Waals surface area contributed by atoms with Gasteiger partial charge in [-0.1, -0.05) is 24.6 Å². The Morgan fingerprint density at radius 2 is 2.04 bits per heavy atom. The molecule has 0 saturated carbocycles. The van der Waals surface area contributed by atoms with Crippen LogP contribution in [0.25, 0.3) is 0 Å². The number of carbonyl (C=O) groups excluding carboxylic acids is 1. The SMILES string of the molecule is Cc1ccccc1SCC(=O)N[C@H]1COC[C@@H]1N1CCCCC1. The lowest BCUT2D eigenvalue weighted by Crippen LogP contribution is -2.52. The van der Waals surface area contributed by atoms with E-state index in [0.29, 0.717) is 18.4 Å². The number of likely N-dealkylation sites (tertiary alicyclic amines) is 1. The minimum Gasteiger partial charge on any atom is -0.378 e. The molecule has 0 aromatic heterocycles. The van der Waals surface area contributed by atoms with Gasteiger partial charge < -0.3 is 10.1 Å². The first-order valence-corrected chi connectivity index (χ1v) is 9.52. The van der Waals surface area contributed by atoms with Crippen molar-refractivity contribution < 1.29 is 9.53 Å². The quantitative estimate of drug-likeness (QED) is 0.840. The van der Waals surface area contributed by atoms with Crippen LogP contribution in [0.1, 0.15) is 24.8 Å². The lowest BCUT2D eigenvalue weighted by molar-refractivity contribution is -0.119. The lowest BCUT2D eigenvalue weighted by Gasteiger charge is -2.34. The van der Waals surface area contributed by atoms with Gasteiger partial charge in [-0.2, -0.15) is 0 Å². The Labute approximate surface area is 143 Å². The minimum absolute atomic E-state index is 0.107. The Kier molecular flexibility index (Phi) is 5.97. The van der Waals surface area contributed by atoms with Crippen molar-refractivity contribution in [1.29, 1.82) is 0 Å². The van der Waals surface area contributed by atoms with Crippen molar-refractivity contribution in [3.8, 4) is 0 Å². The first kappa shape index (κ1) is 16.8. The molecular formula is C18H26N2O2S. The first-order chi connectivity index (χ1) is 11.2. The molecule has 1 aromatic rings. The summed E-state index contributed by atoms with van der Waals surface area (Å²) in [6.07, 6.45) is 3.86. The van der Waals surface area contributed by atoms with Crippen LogP contribution in [0.2, 0.25) is 0 Å². The number of hydrogen-bond donors (Lipinski definition) is 1. The molecule has 0 spiro atoms. The van der Waals surface area contributed by atoms with Gasteiger partial charge in [0.2, 0.25) is 5.91 Å². The minimum atomic E-state index is 0.107. The normalized spacial score (nSPS) is 25.4. The van der Waals surface area contributed by atoms with Crippen molar-refractivity contribution >= 4 is 17.7 Å². The highest BCUT2D eigenvalue weighted by Crippen LogP contribution is 2.22. The number of hydrogen-bond acceptors (Lipinski definition) is 4. The maximum absolute atomic E-state index is 12.3. The summed E-state index contributed by atoms with van der Waals surface area (Å²) in [7, 11) is 0. The molecule has 2 heterocycles. The summed E-state index contributed by atoms with van der Waals surface area (Å²) in [6.45, 7) is 5.74.